The van der Waals surface area contributed by atoms with Gasteiger partial charge in [-0.1, -0.05) is 11.3 Å². The third-order valence-corrected chi connectivity index (χ3v) is 4.28. The Balaban J connectivity index is 1.84. The molecule has 0 fully saturated rings. The number of anilines is 2. The van der Waals surface area contributed by atoms with E-state index in [1.54, 1.807) is 18.6 Å². The van der Waals surface area contributed by atoms with Crippen molar-refractivity contribution in [3.8, 4) is 0 Å². The van der Waals surface area contributed by atoms with Crippen molar-refractivity contribution in [3.05, 3.63) is 32.8 Å². The number of hydrogen-bond acceptors (Lipinski definition) is 8. The van der Waals surface area contributed by atoms with E-state index in [1.807, 2.05) is 5.38 Å². The van der Waals surface area contributed by atoms with E-state index in [0.29, 0.717) is 11.5 Å². The van der Waals surface area contributed by atoms with Crippen LogP contribution in [0.4, 0.5) is 16.8 Å². The number of rotatable bonds is 5. The number of nitrogens with one attached hydrogen (secondary N) is 2. The van der Waals surface area contributed by atoms with Gasteiger partial charge < -0.3 is 20.7 Å². The molecule has 0 saturated carbocycles. The van der Waals surface area contributed by atoms with Crippen molar-refractivity contribution in [3.63, 3.8) is 0 Å². The highest BCUT2D eigenvalue weighted by atomic mass is 32.1. The minimum atomic E-state index is -0.435. The molecule has 0 saturated heterocycles. The summed E-state index contributed by atoms with van der Waals surface area (Å²) in [5, 5.41) is 21.5. The first-order chi connectivity index (χ1) is 9.69. The molecule has 8 nitrogen and oxygen atoms in total. The topological polar surface area (TPSA) is 97.4 Å². The van der Waals surface area contributed by atoms with E-state index in [9.17, 15) is 10.1 Å². The van der Waals surface area contributed by atoms with Crippen molar-refractivity contribution in [2.24, 2.45) is 0 Å². The third-order valence-electron chi connectivity index (χ3n) is 2.61. The molecule has 0 atom stereocenters. The molecule has 10 heteroatoms. The maximum absolute atomic E-state index is 11.1. The summed E-state index contributed by atoms with van der Waals surface area (Å²) >= 11 is 2.84. The van der Waals surface area contributed by atoms with Gasteiger partial charge in [-0.2, -0.15) is 9.38 Å². The SMILES string of the molecule is CNc1nc(CNc2nc3sccn3c2[N+](=O)[O-])cs1. The molecule has 3 rings (SSSR count). The number of imidazole rings is 1. The van der Waals surface area contributed by atoms with Crippen LogP contribution in [0.5, 0.6) is 0 Å². The molecule has 0 unspecified atom stereocenters. The highest BCUT2D eigenvalue weighted by Crippen LogP contribution is 2.28. The molecule has 0 amide bonds. The molecule has 0 aromatic carbocycles. The average Bonchev–Trinajstić information content (AvgIpc) is 3.10. The van der Waals surface area contributed by atoms with Gasteiger partial charge in [0.15, 0.2) is 5.13 Å². The Bertz CT molecular complexity index is 761. The van der Waals surface area contributed by atoms with Gasteiger partial charge in [-0.3, -0.25) is 0 Å². The lowest BCUT2D eigenvalue weighted by Crippen LogP contribution is -2.03. The highest BCUT2D eigenvalue weighted by Gasteiger charge is 2.23. The normalized spacial score (nSPS) is 10.8. The standard InChI is InChI=1S/C10H10N6O2S2/c1-11-9-13-6(5-20-9)4-12-7-8(16(17)18)15-2-3-19-10(15)14-7/h2-3,5,12H,4H2,1H3,(H,11,13). The number of nitro groups is 1. The van der Waals surface area contributed by atoms with E-state index in [4.69, 9.17) is 0 Å². The zero-order valence-corrected chi connectivity index (χ0v) is 12.0. The smallest absolute Gasteiger partial charge is 0.365 e. The number of nitrogens with zero attached hydrogens (tertiary/aromatic N) is 4. The van der Waals surface area contributed by atoms with Gasteiger partial charge in [-0.25, -0.2) is 4.98 Å². The molecule has 3 aromatic rings. The summed E-state index contributed by atoms with van der Waals surface area (Å²) in [6.07, 6.45) is 1.64. The Labute approximate surface area is 121 Å². The lowest BCUT2D eigenvalue weighted by Gasteiger charge is -2.00. The largest absolute Gasteiger partial charge is 0.372 e. The van der Waals surface area contributed by atoms with Crippen LogP contribution >= 0.6 is 22.7 Å². The Morgan fingerprint density at radius 2 is 2.30 bits per heavy atom. The number of aromatic nitrogens is 3. The van der Waals surface area contributed by atoms with Crippen molar-refractivity contribution in [2.75, 3.05) is 17.7 Å². The molecular formula is C10H10N6O2S2. The van der Waals surface area contributed by atoms with Crippen LogP contribution in [0.3, 0.4) is 0 Å². The molecule has 104 valence electrons. The summed E-state index contributed by atoms with van der Waals surface area (Å²) < 4.78 is 1.47. The van der Waals surface area contributed by atoms with E-state index in [0.717, 1.165) is 10.8 Å². The molecule has 2 N–H and O–H groups in total. The van der Waals surface area contributed by atoms with Crippen LogP contribution in [0.2, 0.25) is 0 Å². The fraction of sp³-hybridized carbons (Fsp3) is 0.200. The van der Waals surface area contributed by atoms with E-state index >= 15 is 0 Å². The minimum absolute atomic E-state index is 0.0506. The Morgan fingerprint density at radius 3 is 3.00 bits per heavy atom. The van der Waals surface area contributed by atoms with Crippen LogP contribution in [-0.2, 0) is 6.54 Å². The fourth-order valence-corrected chi connectivity index (χ4v) is 3.12. The summed E-state index contributed by atoms with van der Waals surface area (Å²) in [5.41, 5.74) is 0.810. The zero-order chi connectivity index (χ0) is 14.1. The molecule has 20 heavy (non-hydrogen) atoms. The predicted octanol–water partition coefficient (Wildman–Crippen LogP) is 2.41. The molecular weight excluding hydrogens is 300 g/mol. The van der Waals surface area contributed by atoms with Crippen molar-refractivity contribution in [1.82, 2.24) is 14.4 Å². The second-order valence-corrected chi connectivity index (χ2v) is 5.58. The molecule has 0 radical (unpaired) electrons. The van der Waals surface area contributed by atoms with Gasteiger partial charge in [-0.15, -0.1) is 11.3 Å². The fourth-order valence-electron chi connectivity index (χ4n) is 1.74. The van der Waals surface area contributed by atoms with E-state index in [1.165, 1.54) is 27.1 Å². The summed E-state index contributed by atoms with van der Waals surface area (Å²) in [5.74, 6) is 0.214. The van der Waals surface area contributed by atoms with Crippen LogP contribution in [0.25, 0.3) is 4.96 Å². The predicted molar refractivity (Wildman–Crippen MR) is 78.7 cm³/mol. The average molecular weight is 310 g/mol. The van der Waals surface area contributed by atoms with Crippen LogP contribution in [-0.4, -0.2) is 26.3 Å². The van der Waals surface area contributed by atoms with Crippen molar-refractivity contribution < 1.29 is 4.92 Å². The first kappa shape index (κ1) is 12.8. The molecule has 0 spiro atoms. The first-order valence-electron chi connectivity index (χ1n) is 5.65. The van der Waals surface area contributed by atoms with Gasteiger partial charge in [-0.05, 0) is 4.92 Å². The minimum Gasteiger partial charge on any atom is -0.365 e. The third kappa shape index (κ3) is 2.18. The molecule has 0 aliphatic carbocycles. The van der Waals surface area contributed by atoms with Gasteiger partial charge in [0.05, 0.1) is 12.2 Å². The number of hydrogen-bond donors (Lipinski definition) is 2. The van der Waals surface area contributed by atoms with Gasteiger partial charge in [0, 0.05) is 17.8 Å². The molecule has 0 aliphatic rings. The van der Waals surface area contributed by atoms with E-state index < -0.39 is 4.92 Å². The zero-order valence-electron chi connectivity index (χ0n) is 10.4. The number of fused-ring (bicyclic) bond motifs is 1. The molecule has 3 aromatic heterocycles. The van der Waals surface area contributed by atoms with Crippen molar-refractivity contribution >= 4 is 44.4 Å². The van der Waals surface area contributed by atoms with E-state index in [-0.39, 0.29) is 11.6 Å². The van der Waals surface area contributed by atoms with Crippen LogP contribution < -0.4 is 10.6 Å². The Hall–Kier alpha value is -2.20. The summed E-state index contributed by atoms with van der Waals surface area (Å²) in [6, 6.07) is 0. The van der Waals surface area contributed by atoms with E-state index in [2.05, 4.69) is 20.6 Å². The molecule has 0 bridgehead atoms. The monoisotopic (exact) mass is 310 g/mol. The second-order valence-electron chi connectivity index (χ2n) is 3.84. The second kappa shape index (κ2) is 5.06. The van der Waals surface area contributed by atoms with Crippen molar-refractivity contribution in [2.45, 2.75) is 6.54 Å². The summed E-state index contributed by atoms with van der Waals surface area (Å²) in [7, 11) is 1.80. The van der Waals surface area contributed by atoms with Gasteiger partial charge in [0.1, 0.15) is 6.20 Å². The highest BCUT2D eigenvalue weighted by molar-refractivity contribution is 7.15. The Kier molecular flexibility index (Phi) is 3.24. The van der Waals surface area contributed by atoms with Crippen LogP contribution in [0, 0.1) is 10.1 Å². The summed E-state index contributed by atoms with van der Waals surface area (Å²) in [6.45, 7) is 0.393. The Morgan fingerprint density at radius 1 is 1.45 bits per heavy atom. The molecule has 3 heterocycles. The van der Waals surface area contributed by atoms with Crippen LogP contribution in [0.1, 0.15) is 5.69 Å². The van der Waals surface area contributed by atoms with Crippen molar-refractivity contribution in [1.29, 1.82) is 0 Å². The lowest BCUT2D eigenvalue weighted by molar-refractivity contribution is -0.389. The first-order valence-corrected chi connectivity index (χ1v) is 7.41. The van der Waals surface area contributed by atoms with Gasteiger partial charge >= 0.3 is 5.82 Å². The van der Waals surface area contributed by atoms with Gasteiger partial charge in [0.2, 0.25) is 5.82 Å². The number of thiazole rings is 2. The quantitative estimate of drug-likeness (QED) is 0.555. The summed E-state index contributed by atoms with van der Waals surface area (Å²) in [4.78, 5) is 19.8. The van der Waals surface area contributed by atoms with Crippen LogP contribution in [0.15, 0.2) is 17.0 Å². The maximum atomic E-state index is 11.1. The van der Waals surface area contributed by atoms with Gasteiger partial charge in [0.25, 0.3) is 4.96 Å². The molecule has 0 aliphatic heterocycles. The lowest BCUT2D eigenvalue weighted by atomic mass is 10.5. The maximum Gasteiger partial charge on any atom is 0.372 e.